The van der Waals surface area contributed by atoms with Crippen molar-refractivity contribution in [3.63, 3.8) is 0 Å². The second kappa shape index (κ2) is 8.24. The third-order valence-electron chi connectivity index (χ3n) is 3.78. The Morgan fingerprint density at radius 2 is 1.68 bits per heavy atom. The van der Waals surface area contributed by atoms with Gasteiger partial charge in [-0.15, -0.1) is 0 Å². The summed E-state index contributed by atoms with van der Waals surface area (Å²) in [4.78, 5) is 14.6. The van der Waals surface area contributed by atoms with Crippen LogP contribution in [0.2, 0.25) is 0 Å². The summed E-state index contributed by atoms with van der Waals surface area (Å²) in [5, 5.41) is 0. The van der Waals surface area contributed by atoms with Gasteiger partial charge in [0.1, 0.15) is 0 Å². The number of rotatable bonds is 7. The van der Waals surface area contributed by atoms with E-state index in [0.29, 0.717) is 22.8 Å². The Morgan fingerprint density at radius 3 is 2.28 bits per heavy atom. The topological polar surface area (TPSA) is 48.0 Å². The van der Waals surface area contributed by atoms with Gasteiger partial charge < -0.3 is 19.1 Å². The van der Waals surface area contributed by atoms with Crippen LogP contribution in [0.4, 0.5) is 5.69 Å². The van der Waals surface area contributed by atoms with Gasteiger partial charge in [-0.25, -0.2) is 0 Å². The molecular formula is C20H23NO4. The molecule has 132 valence electrons. The Balaban J connectivity index is 2.33. The zero-order valence-electron chi connectivity index (χ0n) is 15.2. The van der Waals surface area contributed by atoms with Crippen LogP contribution in [-0.2, 0) is 0 Å². The fourth-order valence-electron chi connectivity index (χ4n) is 2.46. The second-order valence-electron chi connectivity index (χ2n) is 5.57. The maximum Gasteiger partial charge on any atom is 0.204 e. The third kappa shape index (κ3) is 4.12. The molecule has 0 aliphatic rings. The van der Waals surface area contributed by atoms with Crippen molar-refractivity contribution in [2.24, 2.45) is 0 Å². The SMILES string of the molecule is COc1ccc(C(=O)C=Cc2cccc(N(C)C)c2)c(OC)c1OC. The molecule has 0 aromatic heterocycles. The monoisotopic (exact) mass is 341 g/mol. The highest BCUT2D eigenvalue weighted by Crippen LogP contribution is 2.40. The smallest absolute Gasteiger partial charge is 0.204 e. The average Bonchev–Trinajstić information content (AvgIpc) is 2.64. The van der Waals surface area contributed by atoms with Gasteiger partial charge in [0.2, 0.25) is 5.75 Å². The molecule has 0 saturated heterocycles. The predicted octanol–water partition coefficient (Wildman–Crippen LogP) is 3.67. The number of carbonyl (C=O) groups is 1. The lowest BCUT2D eigenvalue weighted by Crippen LogP contribution is -2.08. The molecular weight excluding hydrogens is 318 g/mol. The fourth-order valence-corrected chi connectivity index (χ4v) is 2.46. The zero-order valence-corrected chi connectivity index (χ0v) is 15.2. The molecule has 0 aliphatic carbocycles. The largest absolute Gasteiger partial charge is 0.493 e. The molecule has 25 heavy (non-hydrogen) atoms. The summed E-state index contributed by atoms with van der Waals surface area (Å²) in [6.45, 7) is 0. The van der Waals surface area contributed by atoms with Crippen LogP contribution in [0.15, 0.2) is 42.5 Å². The minimum Gasteiger partial charge on any atom is -0.493 e. The van der Waals surface area contributed by atoms with Crippen molar-refractivity contribution in [2.45, 2.75) is 0 Å². The van der Waals surface area contributed by atoms with Gasteiger partial charge >= 0.3 is 0 Å². The number of anilines is 1. The number of carbonyl (C=O) groups excluding carboxylic acids is 1. The van der Waals surface area contributed by atoms with Crippen molar-refractivity contribution in [1.82, 2.24) is 0 Å². The van der Waals surface area contributed by atoms with Crippen molar-refractivity contribution in [2.75, 3.05) is 40.3 Å². The van der Waals surface area contributed by atoms with Crippen molar-refractivity contribution in [3.8, 4) is 17.2 Å². The Bertz CT molecular complexity index is 781. The number of hydrogen-bond acceptors (Lipinski definition) is 5. The van der Waals surface area contributed by atoms with Gasteiger partial charge in [0, 0.05) is 19.8 Å². The number of methoxy groups -OCH3 is 3. The molecule has 0 N–H and O–H groups in total. The van der Waals surface area contributed by atoms with Crippen LogP contribution in [0, 0.1) is 0 Å². The highest BCUT2D eigenvalue weighted by atomic mass is 16.5. The molecule has 0 fully saturated rings. The second-order valence-corrected chi connectivity index (χ2v) is 5.57. The summed E-state index contributed by atoms with van der Waals surface area (Å²) in [6, 6.07) is 11.3. The molecule has 0 atom stereocenters. The molecule has 0 aliphatic heterocycles. The van der Waals surface area contributed by atoms with E-state index in [9.17, 15) is 4.79 Å². The Morgan fingerprint density at radius 1 is 0.960 bits per heavy atom. The number of ether oxygens (including phenoxy) is 3. The first-order valence-corrected chi connectivity index (χ1v) is 7.80. The standard InChI is InChI=1S/C20H23NO4/c1-21(2)15-8-6-7-14(13-15)9-11-17(22)16-10-12-18(23-3)20(25-5)19(16)24-4/h6-13H,1-5H3. The quantitative estimate of drug-likeness (QED) is 0.568. The van der Waals surface area contributed by atoms with Gasteiger partial charge in [-0.1, -0.05) is 18.2 Å². The first-order valence-electron chi connectivity index (χ1n) is 7.80. The highest BCUT2D eigenvalue weighted by molar-refractivity contribution is 6.09. The van der Waals surface area contributed by atoms with E-state index < -0.39 is 0 Å². The lowest BCUT2D eigenvalue weighted by Gasteiger charge is -2.14. The van der Waals surface area contributed by atoms with Crippen molar-refractivity contribution in [3.05, 3.63) is 53.6 Å². The van der Waals surface area contributed by atoms with E-state index in [-0.39, 0.29) is 5.78 Å². The van der Waals surface area contributed by atoms with Crippen molar-refractivity contribution >= 4 is 17.5 Å². The minimum absolute atomic E-state index is 0.173. The summed E-state index contributed by atoms with van der Waals surface area (Å²) in [5.41, 5.74) is 2.43. The number of nitrogens with zero attached hydrogens (tertiary/aromatic N) is 1. The van der Waals surface area contributed by atoms with Gasteiger partial charge in [0.05, 0.1) is 26.9 Å². The molecule has 0 heterocycles. The van der Waals surface area contributed by atoms with Crippen LogP contribution >= 0.6 is 0 Å². The van der Waals surface area contributed by atoms with E-state index in [1.165, 1.54) is 27.4 Å². The molecule has 0 amide bonds. The van der Waals surface area contributed by atoms with Gasteiger partial charge in [-0.05, 0) is 35.9 Å². The molecule has 0 saturated carbocycles. The molecule has 2 aromatic rings. The van der Waals surface area contributed by atoms with Crippen molar-refractivity contribution in [1.29, 1.82) is 0 Å². The van der Waals surface area contributed by atoms with Gasteiger partial charge in [0.25, 0.3) is 0 Å². The summed E-state index contributed by atoms with van der Waals surface area (Å²) >= 11 is 0. The van der Waals surface area contributed by atoms with Gasteiger partial charge in [0.15, 0.2) is 17.3 Å². The maximum absolute atomic E-state index is 12.6. The highest BCUT2D eigenvalue weighted by Gasteiger charge is 2.19. The Kier molecular flexibility index (Phi) is 6.06. The first kappa shape index (κ1) is 18.4. The van der Waals surface area contributed by atoms with Crippen LogP contribution in [-0.4, -0.2) is 41.2 Å². The number of allylic oxidation sites excluding steroid dienone is 1. The van der Waals surface area contributed by atoms with Gasteiger partial charge in [-0.3, -0.25) is 4.79 Å². The minimum atomic E-state index is -0.173. The Labute approximate surface area is 148 Å². The molecule has 0 bridgehead atoms. The fraction of sp³-hybridized carbons (Fsp3) is 0.250. The Hall–Kier alpha value is -2.95. The summed E-state index contributed by atoms with van der Waals surface area (Å²) < 4.78 is 15.9. The van der Waals surface area contributed by atoms with E-state index in [4.69, 9.17) is 14.2 Å². The maximum atomic E-state index is 12.6. The van der Waals surface area contributed by atoms with E-state index in [1.54, 1.807) is 18.2 Å². The number of benzene rings is 2. The number of ketones is 1. The van der Waals surface area contributed by atoms with E-state index in [0.717, 1.165) is 11.3 Å². The lowest BCUT2D eigenvalue weighted by molar-refractivity contribution is 0.104. The number of hydrogen-bond donors (Lipinski definition) is 0. The molecule has 2 aromatic carbocycles. The normalized spacial score (nSPS) is 10.6. The lowest BCUT2D eigenvalue weighted by atomic mass is 10.1. The van der Waals surface area contributed by atoms with Crippen LogP contribution in [0.1, 0.15) is 15.9 Å². The van der Waals surface area contributed by atoms with E-state index in [2.05, 4.69) is 0 Å². The van der Waals surface area contributed by atoms with Gasteiger partial charge in [-0.2, -0.15) is 0 Å². The van der Waals surface area contributed by atoms with E-state index >= 15 is 0 Å². The predicted molar refractivity (Wildman–Crippen MR) is 100 cm³/mol. The molecule has 0 radical (unpaired) electrons. The molecule has 5 nitrogen and oxygen atoms in total. The van der Waals surface area contributed by atoms with Crippen LogP contribution < -0.4 is 19.1 Å². The van der Waals surface area contributed by atoms with Crippen LogP contribution in [0.3, 0.4) is 0 Å². The molecule has 5 heteroatoms. The molecule has 0 unspecified atom stereocenters. The van der Waals surface area contributed by atoms with E-state index in [1.807, 2.05) is 43.3 Å². The first-order chi connectivity index (χ1) is 12.0. The van der Waals surface area contributed by atoms with Crippen LogP contribution in [0.25, 0.3) is 6.08 Å². The van der Waals surface area contributed by atoms with Crippen LogP contribution in [0.5, 0.6) is 17.2 Å². The summed E-state index contributed by atoms with van der Waals surface area (Å²) in [5.74, 6) is 1.10. The zero-order chi connectivity index (χ0) is 18.4. The van der Waals surface area contributed by atoms with Crippen molar-refractivity contribution < 1.29 is 19.0 Å². The molecule has 2 rings (SSSR count). The third-order valence-corrected chi connectivity index (χ3v) is 3.78. The summed E-state index contributed by atoms with van der Waals surface area (Å²) in [6.07, 6.45) is 3.31. The molecule has 0 spiro atoms. The average molecular weight is 341 g/mol. The summed E-state index contributed by atoms with van der Waals surface area (Å²) in [7, 11) is 8.50.